The Morgan fingerprint density at radius 2 is 2.14 bits per heavy atom. The van der Waals surface area contributed by atoms with Gasteiger partial charge in [0.2, 0.25) is 0 Å². The fraction of sp³-hybridized carbons (Fsp3) is 0.471. The highest BCUT2D eigenvalue weighted by atomic mass is 79.9. The van der Waals surface area contributed by atoms with Crippen molar-refractivity contribution < 1.29 is 9.21 Å². The van der Waals surface area contributed by atoms with Crippen molar-refractivity contribution in [3.05, 3.63) is 34.5 Å². The third kappa shape index (κ3) is 3.36. The highest BCUT2D eigenvalue weighted by Crippen LogP contribution is 2.26. The van der Waals surface area contributed by atoms with Crippen LogP contribution in [-0.4, -0.2) is 37.5 Å². The summed E-state index contributed by atoms with van der Waals surface area (Å²) in [4.78, 5) is 14.5. The van der Waals surface area contributed by atoms with Crippen LogP contribution in [0.15, 0.2) is 33.2 Å². The molecule has 2 heterocycles. The van der Waals surface area contributed by atoms with Crippen molar-refractivity contribution in [1.82, 2.24) is 10.2 Å². The molecule has 0 bridgehead atoms. The van der Waals surface area contributed by atoms with Gasteiger partial charge in [0.25, 0.3) is 5.91 Å². The Hall–Kier alpha value is -1.33. The molecule has 0 radical (unpaired) electrons. The molecule has 118 valence electrons. The fourth-order valence-corrected chi connectivity index (χ4v) is 3.43. The van der Waals surface area contributed by atoms with E-state index in [-0.39, 0.29) is 5.91 Å². The van der Waals surface area contributed by atoms with Crippen LogP contribution in [-0.2, 0) is 0 Å². The molecule has 0 unspecified atom stereocenters. The number of piperidine rings is 1. The average Bonchev–Trinajstić information content (AvgIpc) is 2.95. The molecular weight excluding hydrogens is 344 g/mol. The Morgan fingerprint density at radius 1 is 1.36 bits per heavy atom. The maximum absolute atomic E-state index is 12.6. The number of furan rings is 1. The summed E-state index contributed by atoms with van der Waals surface area (Å²) in [6.45, 7) is 2.71. The molecule has 1 N–H and O–H groups in total. The Bertz CT molecular complexity index is 660. The SMILES string of the molecule is CNCCC1CCN(C(=O)c2cc3cc(Br)ccc3o2)CC1. The van der Waals surface area contributed by atoms with E-state index in [9.17, 15) is 4.79 Å². The van der Waals surface area contributed by atoms with Gasteiger partial charge >= 0.3 is 0 Å². The molecule has 0 aliphatic carbocycles. The standard InChI is InChI=1S/C17H21BrN2O2/c1-19-7-4-12-5-8-20(9-6-12)17(21)16-11-13-10-14(18)2-3-15(13)22-16/h2-3,10-12,19H,4-9H2,1H3. The molecule has 3 rings (SSSR count). The van der Waals surface area contributed by atoms with E-state index in [2.05, 4.69) is 21.2 Å². The van der Waals surface area contributed by atoms with Gasteiger partial charge in [-0.15, -0.1) is 0 Å². The van der Waals surface area contributed by atoms with Crippen LogP contribution in [0.25, 0.3) is 11.0 Å². The van der Waals surface area contributed by atoms with Gasteiger partial charge in [-0.1, -0.05) is 15.9 Å². The summed E-state index contributed by atoms with van der Waals surface area (Å²) in [5, 5.41) is 4.15. The molecule has 1 saturated heterocycles. The van der Waals surface area contributed by atoms with Crippen LogP contribution < -0.4 is 5.32 Å². The van der Waals surface area contributed by atoms with Crippen molar-refractivity contribution in [3.63, 3.8) is 0 Å². The van der Waals surface area contributed by atoms with E-state index in [1.54, 1.807) is 0 Å². The summed E-state index contributed by atoms with van der Waals surface area (Å²) in [5.74, 6) is 1.18. The van der Waals surface area contributed by atoms with Crippen molar-refractivity contribution in [2.45, 2.75) is 19.3 Å². The van der Waals surface area contributed by atoms with Gasteiger partial charge in [0.1, 0.15) is 5.58 Å². The smallest absolute Gasteiger partial charge is 0.289 e. The lowest BCUT2D eigenvalue weighted by atomic mass is 9.93. The summed E-state index contributed by atoms with van der Waals surface area (Å²) in [6.07, 6.45) is 3.36. The van der Waals surface area contributed by atoms with E-state index in [0.29, 0.717) is 5.76 Å². The first-order valence-corrected chi connectivity index (χ1v) is 8.59. The van der Waals surface area contributed by atoms with Gasteiger partial charge in [-0.3, -0.25) is 4.79 Å². The monoisotopic (exact) mass is 364 g/mol. The van der Waals surface area contributed by atoms with Gasteiger partial charge in [-0.25, -0.2) is 0 Å². The van der Waals surface area contributed by atoms with Crippen LogP contribution >= 0.6 is 15.9 Å². The molecule has 1 aromatic heterocycles. The number of fused-ring (bicyclic) bond motifs is 1. The van der Waals surface area contributed by atoms with Crippen LogP contribution in [0.4, 0.5) is 0 Å². The fourth-order valence-electron chi connectivity index (χ4n) is 3.05. The van der Waals surface area contributed by atoms with Crippen LogP contribution in [0.3, 0.4) is 0 Å². The van der Waals surface area contributed by atoms with Gasteiger partial charge < -0.3 is 14.6 Å². The number of likely N-dealkylation sites (tertiary alicyclic amines) is 1. The van der Waals surface area contributed by atoms with Crippen molar-refractivity contribution in [2.75, 3.05) is 26.7 Å². The Labute approximate surface area is 139 Å². The first kappa shape index (κ1) is 15.6. The average molecular weight is 365 g/mol. The second-order valence-electron chi connectivity index (χ2n) is 5.92. The second-order valence-corrected chi connectivity index (χ2v) is 6.84. The lowest BCUT2D eigenvalue weighted by Crippen LogP contribution is -2.38. The predicted octanol–water partition coefficient (Wildman–Crippen LogP) is 3.66. The summed E-state index contributed by atoms with van der Waals surface area (Å²) >= 11 is 3.44. The van der Waals surface area contributed by atoms with Gasteiger partial charge in [0, 0.05) is 22.9 Å². The molecule has 5 heteroatoms. The summed E-state index contributed by atoms with van der Waals surface area (Å²) < 4.78 is 6.70. The minimum Gasteiger partial charge on any atom is -0.451 e. The Morgan fingerprint density at radius 3 is 2.86 bits per heavy atom. The van der Waals surface area contributed by atoms with Crippen molar-refractivity contribution in [1.29, 1.82) is 0 Å². The maximum Gasteiger partial charge on any atom is 0.289 e. The molecule has 0 saturated carbocycles. The Kier molecular flexibility index (Phi) is 4.84. The van der Waals surface area contributed by atoms with Crippen LogP contribution in [0.1, 0.15) is 29.8 Å². The van der Waals surface area contributed by atoms with Gasteiger partial charge in [-0.05, 0) is 63.0 Å². The van der Waals surface area contributed by atoms with E-state index >= 15 is 0 Å². The molecule has 0 atom stereocenters. The minimum absolute atomic E-state index is 0.0133. The molecule has 1 fully saturated rings. The first-order chi connectivity index (χ1) is 10.7. The number of halogens is 1. The van der Waals surface area contributed by atoms with Crippen LogP contribution in [0.2, 0.25) is 0 Å². The zero-order valence-electron chi connectivity index (χ0n) is 12.8. The van der Waals surface area contributed by atoms with Crippen molar-refractivity contribution in [2.24, 2.45) is 5.92 Å². The van der Waals surface area contributed by atoms with Crippen LogP contribution in [0, 0.1) is 5.92 Å². The summed E-state index contributed by atoms with van der Waals surface area (Å²) in [7, 11) is 1.98. The quantitative estimate of drug-likeness (QED) is 0.900. The summed E-state index contributed by atoms with van der Waals surface area (Å²) in [5.41, 5.74) is 0.760. The third-order valence-corrected chi connectivity index (χ3v) is 4.89. The number of hydrogen-bond donors (Lipinski definition) is 1. The van der Waals surface area contributed by atoms with E-state index < -0.39 is 0 Å². The third-order valence-electron chi connectivity index (χ3n) is 4.39. The molecule has 1 amide bonds. The molecule has 22 heavy (non-hydrogen) atoms. The largest absolute Gasteiger partial charge is 0.451 e. The Balaban J connectivity index is 1.66. The van der Waals surface area contributed by atoms with Gasteiger partial charge in [-0.2, -0.15) is 0 Å². The first-order valence-electron chi connectivity index (χ1n) is 7.80. The van der Waals surface area contributed by atoms with E-state index in [1.807, 2.05) is 36.2 Å². The van der Waals surface area contributed by atoms with Crippen LogP contribution in [0.5, 0.6) is 0 Å². The number of carbonyl (C=O) groups excluding carboxylic acids is 1. The molecule has 1 aliphatic rings. The summed E-state index contributed by atoms with van der Waals surface area (Å²) in [6, 6.07) is 7.63. The number of amides is 1. The predicted molar refractivity (Wildman–Crippen MR) is 91.1 cm³/mol. The lowest BCUT2D eigenvalue weighted by Gasteiger charge is -2.31. The van der Waals surface area contributed by atoms with Crippen molar-refractivity contribution >= 4 is 32.8 Å². The molecule has 1 aliphatic heterocycles. The maximum atomic E-state index is 12.6. The number of hydrogen-bond acceptors (Lipinski definition) is 3. The number of rotatable bonds is 4. The highest BCUT2D eigenvalue weighted by molar-refractivity contribution is 9.10. The second kappa shape index (κ2) is 6.84. The zero-order valence-corrected chi connectivity index (χ0v) is 14.4. The molecule has 1 aromatic carbocycles. The normalized spacial score (nSPS) is 16.4. The topological polar surface area (TPSA) is 45.5 Å². The van der Waals surface area contributed by atoms with Gasteiger partial charge in [0.05, 0.1) is 0 Å². The number of nitrogens with one attached hydrogen (secondary N) is 1. The number of benzene rings is 1. The van der Waals surface area contributed by atoms with Gasteiger partial charge in [0.15, 0.2) is 5.76 Å². The highest BCUT2D eigenvalue weighted by Gasteiger charge is 2.25. The molecule has 4 nitrogen and oxygen atoms in total. The number of nitrogens with zero attached hydrogens (tertiary/aromatic N) is 1. The number of carbonyl (C=O) groups is 1. The zero-order chi connectivity index (χ0) is 15.5. The van der Waals surface area contributed by atoms with E-state index in [0.717, 1.165) is 53.8 Å². The van der Waals surface area contributed by atoms with Crippen molar-refractivity contribution in [3.8, 4) is 0 Å². The molecular formula is C17H21BrN2O2. The minimum atomic E-state index is 0.0133. The van der Waals surface area contributed by atoms with E-state index in [1.165, 1.54) is 6.42 Å². The molecule has 0 spiro atoms. The molecule has 2 aromatic rings. The lowest BCUT2D eigenvalue weighted by molar-refractivity contribution is 0.0657. The van der Waals surface area contributed by atoms with E-state index in [4.69, 9.17) is 4.42 Å².